The Morgan fingerprint density at radius 3 is 2.44 bits per heavy atom. The van der Waals surface area contributed by atoms with Crippen molar-refractivity contribution in [3.63, 3.8) is 0 Å². The lowest BCUT2D eigenvalue weighted by molar-refractivity contribution is -0.139. The highest BCUT2D eigenvalue weighted by Gasteiger charge is 2.35. The SMILES string of the molecule is CC(N)CC(C)COc1ccc(C(=CN)c2ncccn2)cc1C(F)(F)F. The number of nitrogens with zero attached hydrogens (tertiary/aromatic N) is 2. The molecule has 0 saturated heterocycles. The van der Waals surface area contributed by atoms with E-state index < -0.39 is 11.7 Å². The zero-order valence-electron chi connectivity index (χ0n) is 15.2. The molecule has 0 amide bonds. The molecule has 4 N–H and O–H groups in total. The van der Waals surface area contributed by atoms with E-state index in [9.17, 15) is 13.2 Å². The van der Waals surface area contributed by atoms with Gasteiger partial charge in [0, 0.05) is 30.2 Å². The van der Waals surface area contributed by atoms with Crippen LogP contribution in [0.2, 0.25) is 0 Å². The minimum atomic E-state index is -4.58. The molecule has 5 nitrogen and oxygen atoms in total. The number of rotatable bonds is 7. The topological polar surface area (TPSA) is 87.0 Å². The molecule has 0 aliphatic carbocycles. The molecule has 2 rings (SSSR count). The van der Waals surface area contributed by atoms with E-state index in [4.69, 9.17) is 16.2 Å². The van der Waals surface area contributed by atoms with Gasteiger partial charge >= 0.3 is 6.18 Å². The van der Waals surface area contributed by atoms with E-state index in [2.05, 4.69) is 9.97 Å². The number of nitrogens with two attached hydrogens (primary N) is 2. The zero-order valence-corrected chi connectivity index (χ0v) is 15.2. The number of benzene rings is 1. The largest absolute Gasteiger partial charge is 0.493 e. The highest BCUT2D eigenvalue weighted by molar-refractivity contribution is 5.76. The van der Waals surface area contributed by atoms with Crippen LogP contribution in [0.25, 0.3) is 5.57 Å². The average molecular weight is 380 g/mol. The smallest absolute Gasteiger partial charge is 0.419 e. The fourth-order valence-corrected chi connectivity index (χ4v) is 2.72. The molecular formula is C19H23F3N4O. The number of hydrogen-bond acceptors (Lipinski definition) is 5. The quantitative estimate of drug-likeness (QED) is 0.766. The van der Waals surface area contributed by atoms with E-state index >= 15 is 0 Å². The van der Waals surface area contributed by atoms with Crippen molar-refractivity contribution in [2.75, 3.05) is 6.61 Å². The Morgan fingerprint density at radius 1 is 1.22 bits per heavy atom. The molecule has 0 radical (unpaired) electrons. The highest BCUT2D eigenvalue weighted by Crippen LogP contribution is 2.38. The van der Waals surface area contributed by atoms with Crippen LogP contribution in [-0.4, -0.2) is 22.6 Å². The molecule has 8 heteroatoms. The van der Waals surface area contributed by atoms with Crippen molar-refractivity contribution in [3.05, 3.63) is 59.8 Å². The molecule has 0 fully saturated rings. The van der Waals surface area contributed by atoms with E-state index in [1.165, 1.54) is 30.7 Å². The van der Waals surface area contributed by atoms with Crippen LogP contribution in [0.5, 0.6) is 5.75 Å². The molecule has 0 aliphatic heterocycles. The van der Waals surface area contributed by atoms with Crippen molar-refractivity contribution >= 4 is 5.57 Å². The molecular weight excluding hydrogens is 357 g/mol. The number of aromatic nitrogens is 2. The first-order chi connectivity index (χ1) is 12.7. The maximum absolute atomic E-state index is 13.6. The summed E-state index contributed by atoms with van der Waals surface area (Å²) in [5.41, 5.74) is 11.0. The third-order valence-corrected chi connectivity index (χ3v) is 3.87. The third-order valence-electron chi connectivity index (χ3n) is 3.87. The summed E-state index contributed by atoms with van der Waals surface area (Å²) < 4.78 is 46.1. The predicted molar refractivity (Wildman–Crippen MR) is 97.7 cm³/mol. The average Bonchev–Trinajstić information content (AvgIpc) is 2.60. The van der Waals surface area contributed by atoms with Crippen LogP contribution in [0.3, 0.4) is 0 Å². The summed E-state index contributed by atoms with van der Waals surface area (Å²) in [6, 6.07) is 5.37. The van der Waals surface area contributed by atoms with Crippen molar-refractivity contribution in [2.45, 2.75) is 32.5 Å². The molecule has 1 aromatic carbocycles. The highest BCUT2D eigenvalue weighted by atomic mass is 19.4. The van der Waals surface area contributed by atoms with E-state index in [0.717, 1.165) is 6.07 Å². The van der Waals surface area contributed by atoms with Crippen LogP contribution >= 0.6 is 0 Å². The number of halogens is 3. The van der Waals surface area contributed by atoms with Gasteiger partial charge < -0.3 is 16.2 Å². The summed E-state index contributed by atoms with van der Waals surface area (Å²) in [7, 11) is 0. The van der Waals surface area contributed by atoms with E-state index in [0.29, 0.717) is 12.0 Å². The van der Waals surface area contributed by atoms with E-state index in [-0.39, 0.29) is 35.7 Å². The van der Waals surface area contributed by atoms with Gasteiger partial charge in [-0.3, -0.25) is 0 Å². The van der Waals surface area contributed by atoms with Crippen LogP contribution in [-0.2, 0) is 6.18 Å². The van der Waals surface area contributed by atoms with Gasteiger partial charge in [-0.25, -0.2) is 9.97 Å². The first-order valence-corrected chi connectivity index (χ1v) is 8.51. The van der Waals surface area contributed by atoms with Gasteiger partial charge in [-0.05, 0) is 43.0 Å². The predicted octanol–water partition coefficient (Wildman–Crippen LogP) is 3.60. The zero-order chi connectivity index (χ0) is 20.0. The van der Waals surface area contributed by atoms with Crippen molar-refractivity contribution in [1.82, 2.24) is 9.97 Å². The number of alkyl halides is 3. The van der Waals surface area contributed by atoms with Crippen LogP contribution in [0.15, 0.2) is 42.9 Å². The Balaban J connectivity index is 2.33. The molecule has 2 atom stereocenters. The lowest BCUT2D eigenvalue weighted by Crippen LogP contribution is -2.22. The fraction of sp³-hybridized carbons (Fsp3) is 0.368. The molecule has 0 saturated carbocycles. The molecule has 0 aliphatic rings. The minimum absolute atomic E-state index is 0.0305. The van der Waals surface area contributed by atoms with Crippen LogP contribution in [0.4, 0.5) is 13.2 Å². The van der Waals surface area contributed by atoms with Gasteiger partial charge in [0.25, 0.3) is 0 Å². The van der Waals surface area contributed by atoms with Gasteiger partial charge in [0.2, 0.25) is 0 Å². The lowest BCUT2D eigenvalue weighted by atomic mass is 10.0. The summed E-state index contributed by atoms with van der Waals surface area (Å²) >= 11 is 0. The summed E-state index contributed by atoms with van der Waals surface area (Å²) in [6.45, 7) is 3.87. The number of hydrogen-bond donors (Lipinski definition) is 2. The normalized spacial score (nSPS) is 14.7. The fourth-order valence-electron chi connectivity index (χ4n) is 2.72. The Labute approximate surface area is 156 Å². The maximum atomic E-state index is 13.6. The van der Waals surface area contributed by atoms with Crippen LogP contribution < -0.4 is 16.2 Å². The van der Waals surface area contributed by atoms with E-state index in [1.54, 1.807) is 6.07 Å². The van der Waals surface area contributed by atoms with Gasteiger partial charge in [-0.2, -0.15) is 13.2 Å². The Morgan fingerprint density at radius 2 is 1.89 bits per heavy atom. The monoisotopic (exact) mass is 380 g/mol. The molecule has 0 bridgehead atoms. The second-order valence-corrected chi connectivity index (χ2v) is 6.49. The molecule has 146 valence electrons. The van der Waals surface area contributed by atoms with Crippen molar-refractivity contribution in [2.24, 2.45) is 17.4 Å². The lowest BCUT2D eigenvalue weighted by Gasteiger charge is -2.19. The standard InChI is InChI=1S/C19H23F3N4O/c1-12(8-13(2)24)11-27-17-5-4-14(9-16(17)19(20,21)22)15(10-23)18-25-6-3-7-26-18/h3-7,9-10,12-13H,8,11,23-24H2,1-2H3. The van der Waals surface area contributed by atoms with Crippen molar-refractivity contribution < 1.29 is 17.9 Å². The number of ether oxygens (including phenoxy) is 1. The molecule has 1 aromatic heterocycles. The minimum Gasteiger partial charge on any atom is -0.493 e. The first kappa shape index (κ1) is 20.7. The van der Waals surface area contributed by atoms with Gasteiger partial charge in [-0.15, -0.1) is 0 Å². The van der Waals surface area contributed by atoms with E-state index in [1.807, 2.05) is 13.8 Å². The van der Waals surface area contributed by atoms with Crippen molar-refractivity contribution in [3.8, 4) is 5.75 Å². The Hall–Kier alpha value is -2.61. The van der Waals surface area contributed by atoms with Gasteiger partial charge in [0.1, 0.15) is 5.75 Å². The summed E-state index contributed by atoms with van der Waals surface area (Å²) in [5, 5.41) is 0. The molecule has 0 spiro atoms. The van der Waals surface area contributed by atoms with Gasteiger partial charge in [0.15, 0.2) is 5.82 Å². The van der Waals surface area contributed by atoms with Crippen LogP contribution in [0, 0.1) is 5.92 Å². The molecule has 2 aromatic rings. The Bertz CT molecular complexity index is 776. The first-order valence-electron chi connectivity index (χ1n) is 8.51. The van der Waals surface area contributed by atoms with Crippen molar-refractivity contribution in [1.29, 1.82) is 0 Å². The molecule has 2 unspecified atom stereocenters. The summed E-state index contributed by atoms with van der Waals surface area (Å²) in [4.78, 5) is 8.09. The third kappa shape index (κ3) is 5.68. The van der Waals surface area contributed by atoms with Crippen LogP contribution in [0.1, 0.15) is 37.2 Å². The molecule has 27 heavy (non-hydrogen) atoms. The summed E-state index contributed by atoms with van der Waals surface area (Å²) in [5.74, 6) is 0.0449. The Kier molecular flexibility index (Phi) is 6.79. The second-order valence-electron chi connectivity index (χ2n) is 6.49. The second kappa shape index (κ2) is 8.85. The molecule has 1 heterocycles. The van der Waals surface area contributed by atoms with Gasteiger partial charge in [-0.1, -0.05) is 13.0 Å². The maximum Gasteiger partial charge on any atom is 0.419 e. The summed E-state index contributed by atoms with van der Waals surface area (Å²) in [6.07, 6.45) is 0.259. The van der Waals surface area contributed by atoms with Gasteiger partial charge in [0.05, 0.1) is 12.2 Å².